The van der Waals surface area contributed by atoms with E-state index in [2.05, 4.69) is 0 Å². The maximum Gasteiger partial charge on any atom is 0.217 e. The fraction of sp³-hybridized carbons (Fsp3) is 0.400. The highest BCUT2D eigenvalue weighted by Gasteiger charge is 2.49. The summed E-state index contributed by atoms with van der Waals surface area (Å²) in [6.07, 6.45) is 0. The highest BCUT2D eigenvalue weighted by atomic mass is 35.6. The number of hydrogen-bond acceptors (Lipinski definition) is 2. The van der Waals surface area contributed by atoms with Crippen molar-refractivity contribution in [3.63, 3.8) is 0 Å². The molecule has 0 aromatic heterocycles. The van der Waals surface area contributed by atoms with E-state index in [0.717, 1.165) is 0 Å². The summed E-state index contributed by atoms with van der Waals surface area (Å²) in [6.45, 7) is 1.13. The Kier molecular flexibility index (Phi) is 4.05. The third kappa shape index (κ3) is 2.78. The van der Waals surface area contributed by atoms with Crippen LogP contribution in [-0.4, -0.2) is 15.3 Å². The molecule has 0 aliphatic rings. The zero-order valence-corrected chi connectivity index (χ0v) is 10.8. The van der Waals surface area contributed by atoms with E-state index in [4.69, 9.17) is 34.8 Å². The summed E-state index contributed by atoms with van der Waals surface area (Å²) in [5, 5.41) is 10.7. The molecule has 6 heteroatoms. The number of halogens is 3. The summed E-state index contributed by atoms with van der Waals surface area (Å²) < 4.78 is -1.73. The molecule has 1 aromatic carbocycles. The molecule has 88 valence electrons. The van der Waals surface area contributed by atoms with Crippen LogP contribution >= 0.6 is 34.8 Å². The first-order chi connectivity index (χ1) is 7.27. The molecule has 3 nitrogen and oxygen atoms in total. The van der Waals surface area contributed by atoms with Crippen LogP contribution in [0.5, 0.6) is 0 Å². The van der Waals surface area contributed by atoms with Crippen molar-refractivity contribution < 1.29 is 4.92 Å². The first-order valence-corrected chi connectivity index (χ1v) is 5.65. The number of rotatable bonds is 3. The second kappa shape index (κ2) is 4.78. The number of benzene rings is 1. The van der Waals surface area contributed by atoms with Crippen LogP contribution < -0.4 is 0 Å². The fourth-order valence-corrected chi connectivity index (χ4v) is 1.92. The molecular weight excluding hydrogens is 272 g/mol. The molecular formula is C10H10Cl3NO2. The predicted octanol–water partition coefficient (Wildman–Crippen LogP) is 3.59. The van der Waals surface area contributed by atoms with Gasteiger partial charge in [-0.05, 0) is 12.5 Å². The van der Waals surface area contributed by atoms with Gasteiger partial charge in [-0.2, -0.15) is 0 Å². The van der Waals surface area contributed by atoms with E-state index in [-0.39, 0.29) is 0 Å². The molecule has 0 saturated carbocycles. The van der Waals surface area contributed by atoms with Crippen molar-refractivity contribution in [2.75, 3.05) is 6.54 Å². The van der Waals surface area contributed by atoms with E-state index in [1.54, 1.807) is 37.3 Å². The number of nitro groups is 1. The van der Waals surface area contributed by atoms with Crippen molar-refractivity contribution in [2.45, 2.75) is 16.1 Å². The Bertz CT molecular complexity index is 377. The largest absolute Gasteiger partial charge is 0.265 e. The van der Waals surface area contributed by atoms with E-state index in [0.29, 0.717) is 5.56 Å². The van der Waals surface area contributed by atoms with Crippen molar-refractivity contribution in [1.29, 1.82) is 0 Å². The summed E-state index contributed by atoms with van der Waals surface area (Å²) in [4.78, 5) is 10.2. The van der Waals surface area contributed by atoms with E-state index < -0.39 is 20.7 Å². The number of nitrogens with zero attached hydrogens (tertiary/aromatic N) is 1. The first-order valence-electron chi connectivity index (χ1n) is 4.51. The summed E-state index contributed by atoms with van der Waals surface area (Å²) in [5.74, 6) is 0. The Hall–Kier alpha value is -0.510. The molecule has 0 aliphatic heterocycles. The van der Waals surface area contributed by atoms with Gasteiger partial charge in [0.1, 0.15) is 5.41 Å². The summed E-state index contributed by atoms with van der Waals surface area (Å²) >= 11 is 17.5. The average Bonchev–Trinajstić information content (AvgIpc) is 2.16. The molecule has 0 spiro atoms. The van der Waals surface area contributed by atoms with Gasteiger partial charge in [-0.3, -0.25) is 10.1 Å². The molecule has 0 unspecified atom stereocenters. The van der Waals surface area contributed by atoms with Crippen molar-refractivity contribution in [1.82, 2.24) is 0 Å². The van der Waals surface area contributed by atoms with Gasteiger partial charge in [0.25, 0.3) is 0 Å². The topological polar surface area (TPSA) is 43.1 Å². The minimum atomic E-state index is -1.73. The lowest BCUT2D eigenvalue weighted by atomic mass is 9.84. The van der Waals surface area contributed by atoms with Crippen LogP contribution in [0.1, 0.15) is 12.5 Å². The van der Waals surface area contributed by atoms with Gasteiger partial charge in [0.2, 0.25) is 10.3 Å². The number of hydrogen-bond donors (Lipinski definition) is 0. The van der Waals surface area contributed by atoms with E-state index in [9.17, 15) is 10.1 Å². The van der Waals surface area contributed by atoms with Gasteiger partial charge in [0.15, 0.2) is 0 Å². The SMILES string of the molecule is C[C@@](C[N+](=O)[O-])(c1ccccc1)C(Cl)(Cl)Cl. The minimum absolute atomic E-state index is 0.437. The van der Waals surface area contributed by atoms with Gasteiger partial charge >= 0.3 is 0 Å². The molecule has 0 saturated heterocycles. The minimum Gasteiger partial charge on any atom is -0.265 e. The van der Waals surface area contributed by atoms with Crippen molar-refractivity contribution in [3.8, 4) is 0 Å². The Morgan fingerprint density at radius 1 is 1.25 bits per heavy atom. The Morgan fingerprint density at radius 2 is 1.75 bits per heavy atom. The van der Waals surface area contributed by atoms with E-state index in [1.807, 2.05) is 0 Å². The lowest BCUT2D eigenvalue weighted by molar-refractivity contribution is -0.490. The summed E-state index contributed by atoms with van der Waals surface area (Å²) in [7, 11) is 0. The summed E-state index contributed by atoms with van der Waals surface area (Å²) in [6, 6.07) is 8.74. The predicted molar refractivity (Wildman–Crippen MR) is 65.9 cm³/mol. The van der Waals surface area contributed by atoms with E-state index in [1.165, 1.54) is 0 Å². The Balaban J connectivity index is 3.21. The Morgan fingerprint density at radius 3 is 2.12 bits per heavy atom. The van der Waals surface area contributed by atoms with Crippen molar-refractivity contribution in [2.24, 2.45) is 0 Å². The number of alkyl halides is 3. The second-order valence-electron chi connectivity index (χ2n) is 3.69. The van der Waals surface area contributed by atoms with Gasteiger partial charge < -0.3 is 0 Å². The highest BCUT2D eigenvalue weighted by molar-refractivity contribution is 6.68. The lowest BCUT2D eigenvalue weighted by Gasteiger charge is -2.32. The van der Waals surface area contributed by atoms with Crippen LogP contribution in [0.25, 0.3) is 0 Å². The van der Waals surface area contributed by atoms with Crippen molar-refractivity contribution >= 4 is 34.8 Å². The fourth-order valence-electron chi connectivity index (χ4n) is 1.41. The molecule has 0 fully saturated rings. The molecule has 0 radical (unpaired) electrons. The zero-order chi connectivity index (χ0) is 12.4. The molecule has 0 amide bonds. The maximum atomic E-state index is 10.7. The van der Waals surface area contributed by atoms with Gasteiger partial charge in [-0.15, -0.1) is 0 Å². The molecule has 0 aliphatic carbocycles. The molecule has 16 heavy (non-hydrogen) atoms. The standard InChI is InChI=1S/C10H10Cl3NO2/c1-9(7-14(15)16,10(11,12)13)8-5-3-2-4-6-8/h2-6H,7H2,1H3/t9-/m1/s1. The van der Waals surface area contributed by atoms with Gasteiger partial charge in [-0.1, -0.05) is 65.1 Å². The molecule has 1 atom stereocenters. The van der Waals surface area contributed by atoms with Gasteiger partial charge in [0, 0.05) is 4.92 Å². The molecule has 0 heterocycles. The van der Waals surface area contributed by atoms with Crippen LogP contribution in [-0.2, 0) is 5.41 Å². The summed E-state index contributed by atoms with van der Waals surface area (Å²) in [5.41, 5.74) is -0.519. The molecule has 0 N–H and O–H groups in total. The van der Waals surface area contributed by atoms with Gasteiger partial charge in [-0.25, -0.2) is 0 Å². The molecule has 1 rings (SSSR count). The normalized spacial score (nSPS) is 15.5. The first kappa shape index (κ1) is 13.6. The third-order valence-electron chi connectivity index (χ3n) is 2.48. The van der Waals surface area contributed by atoms with Crippen LogP contribution in [0.2, 0.25) is 0 Å². The monoisotopic (exact) mass is 281 g/mol. The van der Waals surface area contributed by atoms with Crippen LogP contribution in [0, 0.1) is 10.1 Å². The van der Waals surface area contributed by atoms with Crippen LogP contribution in [0.15, 0.2) is 30.3 Å². The van der Waals surface area contributed by atoms with Crippen molar-refractivity contribution in [3.05, 3.63) is 46.0 Å². The molecule has 1 aromatic rings. The highest BCUT2D eigenvalue weighted by Crippen LogP contribution is 2.46. The quantitative estimate of drug-likeness (QED) is 0.483. The van der Waals surface area contributed by atoms with Gasteiger partial charge in [0.05, 0.1) is 0 Å². The Labute approximate surface area is 108 Å². The molecule has 0 bridgehead atoms. The van der Waals surface area contributed by atoms with Crippen LogP contribution in [0.4, 0.5) is 0 Å². The smallest absolute Gasteiger partial charge is 0.217 e. The lowest BCUT2D eigenvalue weighted by Crippen LogP contribution is -2.43. The average molecular weight is 283 g/mol. The zero-order valence-electron chi connectivity index (χ0n) is 8.49. The maximum absolute atomic E-state index is 10.7. The third-order valence-corrected chi connectivity index (χ3v) is 3.73. The van der Waals surface area contributed by atoms with Crippen LogP contribution in [0.3, 0.4) is 0 Å². The second-order valence-corrected chi connectivity index (χ2v) is 5.97. The van der Waals surface area contributed by atoms with E-state index >= 15 is 0 Å².